The van der Waals surface area contributed by atoms with Gasteiger partial charge in [-0.2, -0.15) is 0 Å². The number of rotatable bonds is 2. The van der Waals surface area contributed by atoms with Gasteiger partial charge >= 0.3 is 0 Å². The molecule has 4 heteroatoms. The van der Waals surface area contributed by atoms with Crippen LogP contribution in [-0.2, 0) is 10.3 Å². The van der Waals surface area contributed by atoms with Crippen molar-refractivity contribution in [3.8, 4) is 0 Å². The molecule has 13 heavy (non-hydrogen) atoms. The van der Waals surface area contributed by atoms with Crippen molar-refractivity contribution < 1.29 is 4.74 Å². The average Bonchev–Trinajstić information content (AvgIpc) is 2.72. The summed E-state index contributed by atoms with van der Waals surface area (Å²) in [4.78, 5) is 7.38. The zero-order chi connectivity index (χ0) is 9.15. The lowest BCUT2D eigenvalue weighted by molar-refractivity contribution is -0.0791. The van der Waals surface area contributed by atoms with Crippen molar-refractivity contribution in [1.29, 1.82) is 0 Å². The molecular formula is C9H15N3O. The predicted molar refractivity (Wildman–Crippen MR) is 49.4 cm³/mol. The SMILES string of the molecule is CCC1(c2ncc[nH]2)CNCCO1. The van der Waals surface area contributed by atoms with Crippen molar-refractivity contribution >= 4 is 0 Å². The van der Waals surface area contributed by atoms with E-state index >= 15 is 0 Å². The largest absolute Gasteiger partial charge is 0.364 e. The number of hydrogen-bond acceptors (Lipinski definition) is 3. The first-order chi connectivity index (χ1) is 6.37. The number of H-pyrrole nitrogens is 1. The van der Waals surface area contributed by atoms with Crippen LogP contribution in [0.5, 0.6) is 0 Å². The highest BCUT2D eigenvalue weighted by Crippen LogP contribution is 2.27. The quantitative estimate of drug-likeness (QED) is 0.703. The highest BCUT2D eigenvalue weighted by atomic mass is 16.5. The highest BCUT2D eigenvalue weighted by molar-refractivity contribution is 5.05. The Morgan fingerprint density at radius 2 is 2.62 bits per heavy atom. The second-order valence-corrected chi connectivity index (χ2v) is 3.31. The normalized spacial score (nSPS) is 29.0. The van der Waals surface area contributed by atoms with Crippen molar-refractivity contribution in [1.82, 2.24) is 15.3 Å². The third-order valence-electron chi connectivity index (χ3n) is 2.57. The van der Waals surface area contributed by atoms with E-state index in [9.17, 15) is 0 Å². The van der Waals surface area contributed by atoms with E-state index < -0.39 is 0 Å². The molecule has 0 amide bonds. The van der Waals surface area contributed by atoms with E-state index in [2.05, 4.69) is 22.2 Å². The standard InChI is InChI=1S/C9H15N3O/c1-2-9(7-10-5-6-13-9)8-11-3-4-12-8/h3-4,10H,2,5-7H2,1H3,(H,11,12). The molecular weight excluding hydrogens is 166 g/mol. The van der Waals surface area contributed by atoms with Gasteiger partial charge in [0, 0.05) is 25.5 Å². The maximum absolute atomic E-state index is 5.80. The molecule has 0 aromatic carbocycles. The zero-order valence-corrected chi connectivity index (χ0v) is 7.84. The van der Waals surface area contributed by atoms with Crippen LogP contribution < -0.4 is 5.32 Å². The fourth-order valence-electron chi connectivity index (χ4n) is 1.72. The first kappa shape index (κ1) is 8.72. The van der Waals surface area contributed by atoms with Crippen LogP contribution in [0.4, 0.5) is 0 Å². The molecule has 1 aliphatic heterocycles. The summed E-state index contributed by atoms with van der Waals surface area (Å²) in [5.74, 6) is 0.933. The topological polar surface area (TPSA) is 49.9 Å². The van der Waals surface area contributed by atoms with Crippen LogP contribution in [0.2, 0.25) is 0 Å². The summed E-state index contributed by atoms with van der Waals surface area (Å²) in [6.07, 6.45) is 4.54. The van der Waals surface area contributed by atoms with E-state index in [-0.39, 0.29) is 5.60 Å². The number of morpholine rings is 1. The average molecular weight is 181 g/mol. The summed E-state index contributed by atoms with van der Waals surface area (Å²) in [5.41, 5.74) is -0.234. The minimum atomic E-state index is -0.234. The van der Waals surface area contributed by atoms with E-state index in [1.165, 1.54) is 0 Å². The number of aromatic amines is 1. The summed E-state index contributed by atoms with van der Waals surface area (Å²) in [7, 11) is 0. The number of aromatic nitrogens is 2. The van der Waals surface area contributed by atoms with Crippen LogP contribution in [-0.4, -0.2) is 29.7 Å². The van der Waals surface area contributed by atoms with Gasteiger partial charge in [-0.1, -0.05) is 6.92 Å². The molecule has 1 aliphatic rings. The monoisotopic (exact) mass is 181 g/mol. The van der Waals surface area contributed by atoms with Crippen LogP contribution in [0.1, 0.15) is 19.2 Å². The molecule has 1 fully saturated rings. The Morgan fingerprint density at radius 3 is 3.15 bits per heavy atom. The molecule has 0 bridgehead atoms. The molecule has 0 saturated carbocycles. The fraction of sp³-hybridized carbons (Fsp3) is 0.667. The molecule has 0 spiro atoms. The van der Waals surface area contributed by atoms with Gasteiger partial charge in [0.1, 0.15) is 11.4 Å². The number of nitrogens with one attached hydrogen (secondary N) is 2. The molecule has 2 N–H and O–H groups in total. The Hall–Kier alpha value is -0.870. The van der Waals surface area contributed by atoms with Gasteiger partial charge in [0.25, 0.3) is 0 Å². The third-order valence-corrected chi connectivity index (χ3v) is 2.57. The molecule has 0 radical (unpaired) electrons. The third kappa shape index (κ3) is 1.47. The minimum Gasteiger partial charge on any atom is -0.364 e. The van der Waals surface area contributed by atoms with Gasteiger partial charge in [-0.15, -0.1) is 0 Å². The zero-order valence-electron chi connectivity index (χ0n) is 7.84. The van der Waals surface area contributed by atoms with Crippen molar-refractivity contribution in [3.05, 3.63) is 18.2 Å². The number of imidazole rings is 1. The van der Waals surface area contributed by atoms with E-state index in [4.69, 9.17) is 4.74 Å². The molecule has 1 atom stereocenters. The highest BCUT2D eigenvalue weighted by Gasteiger charge is 2.35. The minimum absolute atomic E-state index is 0.234. The van der Waals surface area contributed by atoms with E-state index in [1.807, 2.05) is 6.20 Å². The summed E-state index contributed by atoms with van der Waals surface area (Å²) in [5, 5.41) is 3.33. The van der Waals surface area contributed by atoms with Crippen LogP contribution in [0, 0.1) is 0 Å². The summed E-state index contributed by atoms with van der Waals surface area (Å²) in [6, 6.07) is 0. The van der Waals surface area contributed by atoms with Crippen LogP contribution in [0.3, 0.4) is 0 Å². The van der Waals surface area contributed by atoms with Gasteiger partial charge in [0.15, 0.2) is 0 Å². The van der Waals surface area contributed by atoms with Gasteiger partial charge in [0.05, 0.1) is 6.61 Å². The van der Waals surface area contributed by atoms with Crippen molar-refractivity contribution in [2.75, 3.05) is 19.7 Å². The molecule has 1 unspecified atom stereocenters. The number of hydrogen-bond donors (Lipinski definition) is 2. The molecule has 4 nitrogen and oxygen atoms in total. The second kappa shape index (κ2) is 3.47. The smallest absolute Gasteiger partial charge is 0.139 e. The van der Waals surface area contributed by atoms with Gasteiger partial charge in [-0.25, -0.2) is 4.98 Å². The fourth-order valence-corrected chi connectivity index (χ4v) is 1.72. The van der Waals surface area contributed by atoms with Crippen molar-refractivity contribution in [2.45, 2.75) is 18.9 Å². The Labute approximate surface area is 77.7 Å². The maximum Gasteiger partial charge on any atom is 0.139 e. The maximum atomic E-state index is 5.80. The van der Waals surface area contributed by atoms with Crippen LogP contribution >= 0.6 is 0 Å². The molecule has 1 aromatic heterocycles. The first-order valence-corrected chi connectivity index (χ1v) is 4.72. The van der Waals surface area contributed by atoms with Crippen molar-refractivity contribution in [2.24, 2.45) is 0 Å². The van der Waals surface area contributed by atoms with Gasteiger partial charge in [-0.05, 0) is 6.42 Å². The molecule has 1 saturated heterocycles. The van der Waals surface area contributed by atoms with Crippen molar-refractivity contribution in [3.63, 3.8) is 0 Å². The van der Waals surface area contributed by atoms with Gasteiger partial charge < -0.3 is 15.0 Å². The number of nitrogens with zero attached hydrogens (tertiary/aromatic N) is 1. The van der Waals surface area contributed by atoms with E-state index in [0.29, 0.717) is 0 Å². The van der Waals surface area contributed by atoms with E-state index in [0.717, 1.165) is 31.9 Å². The van der Waals surface area contributed by atoms with Gasteiger partial charge in [-0.3, -0.25) is 0 Å². The lowest BCUT2D eigenvalue weighted by Gasteiger charge is -2.35. The molecule has 0 aliphatic carbocycles. The summed E-state index contributed by atoms with van der Waals surface area (Å²) in [6.45, 7) is 4.66. The first-order valence-electron chi connectivity index (χ1n) is 4.72. The lowest BCUT2D eigenvalue weighted by atomic mass is 9.98. The van der Waals surface area contributed by atoms with Crippen LogP contribution in [0.25, 0.3) is 0 Å². The Bertz CT molecular complexity index is 252. The lowest BCUT2D eigenvalue weighted by Crippen LogP contribution is -2.47. The summed E-state index contributed by atoms with van der Waals surface area (Å²) < 4.78 is 5.80. The van der Waals surface area contributed by atoms with Crippen LogP contribution in [0.15, 0.2) is 12.4 Å². The Balaban J connectivity index is 2.23. The Kier molecular flexibility index (Phi) is 2.33. The second-order valence-electron chi connectivity index (χ2n) is 3.31. The van der Waals surface area contributed by atoms with Gasteiger partial charge in [0.2, 0.25) is 0 Å². The molecule has 72 valence electrons. The molecule has 2 rings (SSSR count). The Morgan fingerprint density at radius 1 is 1.69 bits per heavy atom. The van der Waals surface area contributed by atoms with E-state index in [1.54, 1.807) is 6.20 Å². The number of ether oxygens (including phenoxy) is 1. The summed E-state index contributed by atoms with van der Waals surface area (Å²) >= 11 is 0. The molecule has 2 heterocycles. The predicted octanol–water partition coefficient (Wildman–Crippen LogP) is 0.635. The molecule has 1 aromatic rings.